The van der Waals surface area contributed by atoms with E-state index in [1.807, 2.05) is 0 Å². The average Bonchev–Trinajstić information content (AvgIpc) is 2.39. The average molecular weight is 317 g/mol. The summed E-state index contributed by atoms with van der Waals surface area (Å²) in [4.78, 5) is 0. The zero-order valence-corrected chi connectivity index (χ0v) is 16.7. The first-order valence-corrected chi connectivity index (χ1v) is 11.9. The van der Waals surface area contributed by atoms with Crippen molar-refractivity contribution >= 4 is 8.07 Å². The van der Waals surface area contributed by atoms with E-state index >= 15 is 0 Å². The molecule has 0 aliphatic carbocycles. The molecular formula is C19H41FSi. The molecule has 128 valence electrons. The molecule has 0 aliphatic rings. The molecular weight excluding hydrogens is 275 g/mol. The van der Waals surface area contributed by atoms with E-state index in [9.17, 15) is 4.39 Å². The first kappa shape index (κ1) is 21.1. The van der Waals surface area contributed by atoms with E-state index in [1.54, 1.807) is 0 Å². The van der Waals surface area contributed by atoms with Gasteiger partial charge in [0.1, 0.15) is 0 Å². The molecule has 0 amide bonds. The lowest BCUT2D eigenvalue weighted by molar-refractivity contribution is 0.449. The minimum atomic E-state index is -1.16. The Morgan fingerprint density at radius 3 is 1.24 bits per heavy atom. The molecule has 0 saturated carbocycles. The third kappa shape index (κ3) is 7.30. The van der Waals surface area contributed by atoms with Crippen LogP contribution in [0.25, 0.3) is 0 Å². The van der Waals surface area contributed by atoms with Gasteiger partial charge in [-0.1, -0.05) is 109 Å². The lowest BCUT2D eigenvalue weighted by Gasteiger charge is -2.43. The number of halogens is 1. The Labute approximate surface area is 135 Å². The fourth-order valence-corrected chi connectivity index (χ4v) is 11.0. The highest BCUT2D eigenvalue weighted by atomic mass is 28.3. The highest BCUT2D eigenvalue weighted by Crippen LogP contribution is 2.45. The fraction of sp³-hybridized carbons (Fsp3) is 1.00. The number of alkyl halides is 1. The standard InChI is InChI=1S/C19H41FSi/c1-17(2)21(18(3)4,19(5)6)16-14-12-10-8-7-9-11-13-15-20/h17-19H,7-16H2,1-6H3. The summed E-state index contributed by atoms with van der Waals surface area (Å²) in [5.41, 5.74) is 2.70. The lowest BCUT2D eigenvalue weighted by atomic mass is 10.1. The molecule has 21 heavy (non-hydrogen) atoms. The monoisotopic (exact) mass is 316 g/mol. The summed E-state index contributed by atoms with van der Waals surface area (Å²) in [6, 6.07) is 1.52. The van der Waals surface area contributed by atoms with Gasteiger partial charge in [0.15, 0.2) is 0 Å². The van der Waals surface area contributed by atoms with Gasteiger partial charge in [-0.25, -0.2) is 0 Å². The molecule has 0 saturated heterocycles. The summed E-state index contributed by atoms with van der Waals surface area (Å²) >= 11 is 0. The second-order valence-corrected chi connectivity index (χ2v) is 14.0. The van der Waals surface area contributed by atoms with Crippen LogP contribution in [0.1, 0.15) is 92.9 Å². The second kappa shape index (κ2) is 11.7. The van der Waals surface area contributed by atoms with Crippen LogP contribution in [0.5, 0.6) is 0 Å². The molecule has 0 fully saturated rings. The SMILES string of the molecule is CC(C)[Si](CCCCCCCCCCF)(C(C)C)C(C)C. The smallest absolute Gasteiger partial charge is 0.0894 e. The zero-order chi connectivity index (χ0) is 16.3. The van der Waals surface area contributed by atoms with Crippen LogP contribution in [-0.2, 0) is 0 Å². The van der Waals surface area contributed by atoms with Crippen LogP contribution >= 0.6 is 0 Å². The maximum atomic E-state index is 12.0. The predicted molar refractivity (Wildman–Crippen MR) is 98.8 cm³/mol. The Morgan fingerprint density at radius 2 is 0.905 bits per heavy atom. The van der Waals surface area contributed by atoms with Crippen LogP contribution in [-0.4, -0.2) is 14.7 Å². The van der Waals surface area contributed by atoms with Gasteiger partial charge in [-0.15, -0.1) is 0 Å². The highest BCUT2D eigenvalue weighted by molar-refractivity contribution is 6.83. The van der Waals surface area contributed by atoms with E-state index in [-0.39, 0.29) is 6.67 Å². The molecule has 0 aromatic carbocycles. The van der Waals surface area contributed by atoms with Crippen molar-refractivity contribution in [1.82, 2.24) is 0 Å². The number of rotatable bonds is 13. The minimum absolute atomic E-state index is 0.133. The Morgan fingerprint density at radius 1 is 0.571 bits per heavy atom. The van der Waals surface area contributed by atoms with Gasteiger partial charge in [0.05, 0.1) is 14.7 Å². The molecule has 2 heteroatoms. The molecule has 0 N–H and O–H groups in total. The third-order valence-corrected chi connectivity index (χ3v) is 13.4. The van der Waals surface area contributed by atoms with E-state index in [4.69, 9.17) is 0 Å². The Bertz CT molecular complexity index is 214. The van der Waals surface area contributed by atoms with Crippen molar-refractivity contribution < 1.29 is 4.39 Å². The van der Waals surface area contributed by atoms with Gasteiger partial charge in [0.2, 0.25) is 0 Å². The molecule has 0 heterocycles. The van der Waals surface area contributed by atoms with E-state index in [1.165, 1.54) is 44.6 Å². The van der Waals surface area contributed by atoms with Crippen molar-refractivity contribution in [2.75, 3.05) is 6.67 Å². The third-order valence-electron chi connectivity index (χ3n) is 5.72. The largest absolute Gasteiger partial charge is 0.251 e. The summed E-state index contributed by atoms with van der Waals surface area (Å²) in [7, 11) is -1.16. The molecule has 0 atom stereocenters. The Balaban J connectivity index is 3.95. The van der Waals surface area contributed by atoms with E-state index in [2.05, 4.69) is 41.5 Å². The molecule has 0 aromatic rings. The van der Waals surface area contributed by atoms with Gasteiger partial charge in [-0.3, -0.25) is 4.39 Å². The van der Waals surface area contributed by atoms with Crippen molar-refractivity contribution in [3.05, 3.63) is 0 Å². The van der Waals surface area contributed by atoms with Crippen molar-refractivity contribution in [3.63, 3.8) is 0 Å². The van der Waals surface area contributed by atoms with Gasteiger partial charge in [0.25, 0.3) is 0 Å². The summed E-state index contributed by atoms with van der Waals surface area (Å²) in [6.45, 7) is 14.7. The van der Waals surface area contributed by atoms with Gasteiger partial charge in [-0.2, -0.15) is 0 Å². The normalized spacial score (nSPS) is 12.9. The fourth-order valence-electron chi connectivity index (χ4n) is 4.45. The van der Waals surface area contributed by atoms with Crippen molar-refractivity contribution in [2.45, 2.75) is 116 Å². The molecule has 0 aromatic heterocycles. The van der Waals surface area contributed by atoms with E-state index in [0.29, 0.717) is 0 Å². The second-order valence-electron chi connectivity index (χ2n) is 7.84. The van der Waals surface area contributed by atoms with Crippen LogP contribution in [0.2, 0.25) is 22.7 Å². The van der Waals surface area contributed by atoms with Crippen LogP contribution in [0.3, 0.4) is 0 Å². The molecule has 0 nitrogen and oxygen atoms in total. The summed E-state index contributed by atoms with van der Waals surface area (Å²) in [5, 5.41) is 0. The van der Waals surface area contributed by atoms with Gasteiger partial charge in [0, 0.05) is 0 Å². The first-order valence-electron chi connectivity index (χ1n) is 9.45. The molecule has 0 radical (unpaired) electrons. The maximum absolute atomic E-state index is 12.0. The number of unbranched alkanes of at least 4 members (excludes halogenated alkanes) is 7. The summed E-state index contributed by atoms with van der Waals surface area (Å²) in [5.74, 6) is 0. The quantitative estimate of drug-likeness (QED) is 0.240. The minimum Gasteiger partial charge on any atom is -0.251 e. The van der Waals surface area contributed by atoms with Gasteiger partial charge >= 0.3 is 0 Å². The van der Waals surface area contributed by atoms with Crippen LogP contribution in [0, 0.1) is 0 Å². The molecule has 0 bridgehead atoms. The molecule has 0 unspecified atom stereocenters. The first-order chi connectivity index (χ1) is 9.89. The molecule has 0 spiro atoms. The van der Waals surface area contributed by atoms with E-state index in [0.717, 1.165) is 29.5 Å². The van der Waals surface area contributed by atoms with Crippen molar-refractivity contribution in [3.8, 4) is 0 Å². The summed E-state index contributed by atoms with van der Waals surface area (Å²) < 4.78 is 12.0. The van der Waals surface area contributed by atoms with Gasteiger partial charge < -0.3 is 0 Å². The maximum Gasteiger partial charge on any atom is 0.0894 e. The van der Waals surface area contributed by atoms with Gasteiger partial charge in [-0.05, 0) is 6.42 Å². The van der Waals surface area contributed by atoms with Crippen LogP contribution in [0.15, 0.2) is 0 Å². The molecule has 0 rings (SSSR count). The zero-order valence-electron chi connectivity index (χ0n) is 15.7. The van der Waals surface area contributed by atoms with E-state index < -0.39 is 8.07 Å². The van der Waals surface area contributed by atoms with Crippen LogP contribution in [0.4, 0.5) is 4.39 Å². The topological polar surface area (TPSA) is 0 Å². The van der Waals surface area contributed by atoms with Crippen molar-refractivity contribution in [2.24, 2.45) is 0 Å². The Hall–Kier alpha value is 0.147. The number of hydrogen-bond acceptors (Lipinski definition) is 0. The highest BCUT2D eigenvalue weighted by Gasteiger charge is 2.41. The number of hydrogen-bond donors (Lipinski definition) is 0. The Kier molecular flexibility index (Phi) is 11.8. The molecule has 0 aliphatic heterocycles. The van der Waals surface area contributed by atoms with Crippen molar-refractivity contribution in [1.29, 1.82) is 0 Å². The summed E-state index contributed by atoms with van der Waals surface area (Å²) in [6.07, 6.45) is 9.97. The van der Waals surface area contributed by atoms with Crippen LogP contribution < -0.4 is 0 Å². The predicted octanol–water partition coefficient (Wildman–Crippen LogP) is 7.76. The lowest BCUT2D eigenvalue weighted by Crippen LogP contribution is -2.44.